The van der Waals surface area contributed by atoms with Crippen molar-refractivity contribution in [3.8, 4) is 17.6 Å². The zero-order valence-corrected chi connectivity index (χ0v) is 8.15. The highest BCUT2D eigenvalue weighted by Gasteiger charge is 2.10. The van der Waals surface area contributed by atoms with Gasteiger partial charge < -0.3 is 9.84 Å². The van der Waals surface area contributed by atoms with Crippen LogP contribution >= 0.6 is 0 Å². The van der Waals surface area contributed by atoms with Crippen LogP contribution in [0.3, 0.4) is 0 Å². The number of aromatic hydroxyl groups is 1. The van der Waals surface area contributed by atoms with Crippen LogP contribution in [0.1, 0.15) is 12.5 Å². The van der Waals surface area contributed by atoms with Crippen molar-refractivity contribution < 1.29 is 14.6 Å². The summed E-state index contributed by atoms with van der Waals surface area (Å²) < 4.78 is 4.81. The second kappa shape index (κ2) is 4.29. The summed E-state index contributed by atoms with van der Waals surface area (Å²) in [4.78, 5) is 11.1. The summed E-state index contributed by atoms with van der Waals surface area (Å²) in [6, 6.07) is 5.88. The van der Waals surface area contributed by atoms with E-state index >= 15 is 0 Å². The summed E-state index contributed by atoms with van der Waals surface area (Å²) in [5.41, 5.74) is 0.522. The standard InChI is InChI=1S/C11H9NO3/c1-7(2)11(14)15-10-5-8(6-12)3-4-9(10)13/h3-5,13H,1H2,2H3. The van der Waals surface area contributed by atoms with Crippen LogP contribution in [0.2, 0.25) is 0 Å². The molecule has 1 N–H and O–H groups in total. The predicted octanol–water partition coefficient (Wildman–Crippen LogP) is 1.75. The first-order chi connectivity index (χ1) is 7.04. The van der Waals surface area contributed by atoms with E-state index in [1.165, 1.54) is 25.1 Å². The molecule has 0 amide bonds. The Morgan fingerprint density at radius 1 is 1.60 bits per heavy atom. The van der Waals surface area contributed by atoms with Gasteiger partial charge in [0.1, 0.15) is 0 Å². The Morgan fingerprint density at radius 3 is 2.80 bits per heavy atom. The largest absolute Gasteiger partial charge is 0.504 e. The molecule has 76 valence electrons. The molecule has 0 atom stereocenters. The Hall–Kier alpha value is -2.28. The number of ether oxygens (including phenoxy) is 1. The average molecular weight is 203 g/mol. The molecule has 0 heterocycles. The van der Waals surface area contributed by atoms with Crippen molar-refractivity contribution in [1.82, 2.24) is 0 Å². The Morgan fingerprint density at radius 2 is 2.27 bits per heavy atom. The minimum absolute atomic E-state index is 0.0398. The molecule has 1 rings (SSSR count). The molecule has 0 unspecified atom stereocenters. The third-order valence-corrected chi connectivity index (χ3v) is 1.64. The van der Waals surface area contributed by atoms with Crippen LogP contribution in [-0.4, -0.2) is 11.1 Å². The smallest absolute Gasteiger partial charge is 0.338 e. The fourth-order valence-corrected chi connectivity index (χ4v) is 0.852. The number of hydrogen-bond donors (Lipinski definition) is 1. The lowest BCUT2D eigenvalue weighted by molar-refractivity contribution is -0.130. The van der Waals surface area contributed by atoms with E-state index in [-0.39, 0.29) is 17.1 Å². The maximum absolute atomic E-state index is 11.1. The summed E-state index contributed by atoms with van der Waals surface area (Å²) in [5, 5.41) is 18.0. The summed E-state index contributed by atoms with van der Waals surface area (Å²) >= 11 is 0. The summed E-state index contributed by atoms with van der Waals surface area (Å²) in [6.07, 6.45) is 0. The Kier molecular flexibility index (Phi) is 3.09. The van der Waals surface area contributed by atoms with E-state index in [1.807, 2.05) is 6.07 Å². The number of benzene rings is 1. The zero-order valence-electron chi connectivity index (χ0n) is 8.15. The van der Waals surface area contributed by atoms with Gasteiger partial charge in [-0.3, -0.25) is 0 Å². The number of hydrogen-bond acceptors (Lipinski definition) is 4. The first-order valence-corrected chi connectivity index (χ1v) is 4.15. The topological polar surface area (TPSA) is 70.3 Å². The summed E-state index contributed by atoms with van der Waals surface area (Å²) in [5.74, 6) is -0.869. The van der Waals surface area contributed by atoms with Gasteiger partial charge in [-0.15, -0.1) is 0 Å². The summed E-state index contributed by atoms with van der Waals surface area (Å²) in [6.45, 7) is 4.90. The van der Waals surface area contributed by atoms with Crippen LogP contribution in [0.5, 0.6) is 11.5 Å². The van der Waals surface area contributed by atoms with Crippen LogP contribution in [0.15, 0.2) is 30.4 Å². The lowest BCUT2D eigenvalue weighted by Gasteiger charge is -2.05. The third kappa shape index (κ3) is 2.58. The molecule has 15 heavy (non-hydrogen) atoms. The van der Waals surface area contributed by atoms with E-state index in [2.05, 4.69) is 6.58 Å². The van der Waals surface area contributed by atoms with E-state index in [0.29, 0.717) is 5.56 Å². The molecule has 0 saturated heterocycles. The zero-order chi connectivity index (χ0) is 11.4. The molecular weight excluding hydrogens is 194 g/mol. The van der Waals surface area contributed by atoms with Gasteiger partial charge in [-0.25, -0.2) is 4.79 Å². The number of nitriles is 1. The van der Waals surface area contributed by atoms with Crippen molar-refractivity contribution in [2.75, 3.05) is 0 Å². The van der Waals surface area contributed by atoms with Crippen molar-refractivity contribution in [3.05, 3.63) is 35.9 Å². The highest BCUT2D eigenvalue weighted by atomic mass is 16.5. The van der Waals surface area contributed by atoms with Crippen molar-refractivity contribution in [2.45, 2.75) is 6.92 Å². The van der Waals surface area contributed by atoms with Crippen molar-refractivity contribution >= 4 is 5.97 Å². The van der Waals surface area contributed by atoms with E-state index in [1.54, 1.807) is 0 Å². The van der Waals surface area contributed by atoms with Gasteiger partial charge in [0.15, 0.2) is 11.5 Å². The molecule has 1 aromatic carbocycles. The monoisotopic (exact) mass is 203 g/mol. The molecule has 0 saturated carbocycles. The number of esters is 1. The number of carbonyl (C=O) groups is 1. The van der Waals surface area contributed by atoms with Crippen LogP contribution in [0, 0.1) is 11.3 Å². The molecule has 4 heteroatoms. The van der Waals surface area contributed by atoms with Gasteiger partial charge in [0.25, 0.3) is 0 Å². The molecule has 0 aliphatic carbocycles. The van der Waals surface area contributed by atoms with Gasteiger partial charge in [-0.1, -0.05) is 6.58 Å². The minimum atomic E-state index is -0.639. The first-order valence-electron chi connectivity index (χ1n) is 4.15. The van der Waals surface area contributed by atoms with Gasteiger partial charge in [0.05, 0.1) is 11.6 Å². The SMILES string of the molecule is C=C(C)C(=O)Oc1cc(C#N)ccc1O. The maximum atomic E-state index is 11.1. The van der Waals surface area contributed by atoms with Crippen molar-refractivity contribution in [1.29, 1.82) is 5.26 Å². The van der Waals surface area contributed by atoms with Gasteiger partial charge in [0, 0.05) is 11.6 Å². The molecule has 0 bridgehead atoms. The van der Waals surface area contributed by atoms with Crippen LogP contribution in [0.4, 0.5) is 0 Å². The lowest BCUT2D eigenvalue weighted by atomic mass is 10.2. The maximum Gasteiger partial charge on any atom is 0.338 e. The number of phenols is 1. The molecule has 1 aromatic rings. The number of carbonyl (C=O) groups excluding carboxylic acids is 1. The Bertz CT molecular complexity index is 457. The van der Waals surface area contributed by atoms with Crippen LogP contribution < -0.4 is 4.74 Å². The predicted molar refractivity (Wildman–Crippen MR) is 53.3 cm³/mol. The molecule has 0 radical (unpaired) electrons. The second-order valence-corrected chi connectivity index (χ2v) is 2.96. The highest BCUT2D eigenvalue weighted by molar-refractivity contribution is 5.89. The van der Waals surface area contributed by atoms with E-state index in [0.717, 1.165) is 0 Å². The van der Waals surface area contributed by atoms with Gasteiger partial charge >= 0.3 is 5.97 Å². The number of rotatable bonds is 2. The Balaban J connectivity index is 2.99. The fourth-order valence-electron chi connectivity index (χ4n) is 0.852. The number of nitrogens with zero attached hydrogens (tertiary/aromatic N) is 1. The van der Waals surface area contributed by atoms with Gasteiger partial charge in [-0.2, -0.15) is 5.26 Å². The molecule has 0 aromatic heterocycles. The van der Waals surface area contributed by atoms with Crippen molar-refractivity contribution in [2.24, 2.45) is 0 Å². The molecular formula is C11H9NO3. The highest BCUT2D eigenvalue weighted by Crippen LogP contribution is 2.27. The summed E-state index contributed by atoms with van der Waals surface area (Å²) in [7, 11) is 0. The first kappa shape index (κ1) is 10.8. The van der Waals surface area contributed by atoms with Gasteiger partial charge in [-0.05, 0) is 19.1 Å². The molecule has 0 aliphatic heterocycles. The van der Waals surface area contributed by atoms with Crippen LogP contribution in [0.25, 0.3) is 0 Å². The average Bonchev–Trinajstić information content (AvgIpc) is 2.21. The molecule has 0 aliphatic rings. The van der Waals surface area contributed by atoms with Gasteiger partial charge in [0.2, 0.25) is 0 Å². The second-order valence-electron chi connectivity index (χ2n) is 2.96. The molecule has 0 fully saturated rings. The Labute approximate surface area is 87.0 Å². The third-order valence-electron chi connectivity index (χ3n) is 1.64. The van der Waals surface area contributed by atoms with E-state index in [4.69, 9.17) is 10.00 Å². The molecule has 4 nitrogen and oxygen atoms in total. The van der Waals surface area contributed by atoms with Crippen LogP contribution in [-0.2, 0) is 4.79 Å². The lowest BCUT2D eigenvalue weighted by Crippen LogP contribution is -2.08. The quantitative estimate of drug-likeness (QED) is 0.451. The minimum Gasteiger partial charge on any atom is -0.504 e. The normalized spacial score (nSPS) is 9.07. The van der Waals surface area contributed by atoms with E-state index < -0.39 is 5.97 Å². The molecule has 0 spiro atoms. The van der Waals surface area contributed by atoms with E-state index in [9.17, 15) is 9.90 Å². The fraction of sp³-hybridized carbons (Fsp3) is 0.0909. The number of phenolic OH excluding ortho intramolecular Hbond substituents is 1. The van der Waals surface area contributed by atoms with Crippen molar-refractivity contribution in [3.63, 3.8) is 0 Å².